The minimum absolute atomic E-state index is 0.0323. The standard InChI is InChI=1S/C17H22N2O6S/c1-24-13-3-4-14(15(8-13)25-2)19-9-11(7-16(19)20)17(21)18-12-5-6-26(22,23)10-12/h3-4,8,11-12H,5-7,9-10H2,1-2H3,(H,18,21). The van der Waals surface area contributed by atoms with E-state index >= 15 is 0 Å². The Morgan fingerprint density at radius 2 is 2.04 bits per heavy atom. The molecule has 2 atom stereocenters. The first-order chi connectivity index (χ1) is 12.3. The van der Waals surface area contributed by atoms with Gasteiger partial charge < -0.3 is 19.7 Å². The molecule has 2 aliphatic heterocycles. The molecule has 0 aromatic heterocycles. The summed E-state index contributed by atoms with van der Waals surface area (Å²) in [5, 5.41) is 2.77. The van der Waals surface area contributed by atoms with E-state index in [1.165, 1.54) is 12.0 Å². The molecule has 2 unspecified atom stereocenters. The fourth-order valence-corrected chi connectivity index (χ4v) is 5.03. The highest BCUT2D eigenvalue weighted by Crippen LogP contribution is 2.35. The monoisotopic (exact) mass is 382 g/mol. The van der Waals surface area contributed by atoms with Crippen molar-refractivity contribution in [2.45, 2.75) is 18.9 Å². The molecule has 1 aromatic carbocycles. The van der Waals surface area contributed by atoms with E-state index in [9.17, 15) is 18.0 Å². The van der Waals surface area contributed by atoms with Gasteiger partial charge in [0.2, 0.25) is 11.8 Å². The summed E-state index contributed by atoms with van der Waals surface area (Å²) in [4.78, 5) is 26.4. The first-order valence-corrected chi connectivity index (χ1v) is 10.2. The lowest BCUT2D eigenvalue weighted by atomic mass is 10.1. The van der Waals surface area contributed by atoms with Crippen LogP contribution in [0.25, 0.3) is 0 Å². The molecule has 1 N–H and O–H groups in total. The molecule has 0 spiro atoms. The van der Waals surface area contributed by atoms with Crippen LogP contribution in [0, 0.1) is 5.92 Å². The summed E-state index contributed by atoms with van der Waals surface area (Å²) < 4.78 is 33.5. The molecule has 2 amide bonds. The van der Waals surface area contributed by atoms with Crippen LogP contribution in [-0.2, 0) is 19.4 Å². The third-order valence-corrected chi connectivity index (χ3v) is 6.52. The molecule has 2 saturated heterocycles. The number of benzene rings is 1. The normalized spacial score (nSPS) is 24.5. The first kappa shape index (κ1) is 18.5. The summed E-state index contributed by atoms with van der Waals surface area (Å²) in [5.74, 6) is 0.182. The highest BCUT2D eigenvalue weighted by atomic mass is 32.2. The molecule has 1 aromatic rings. The summed E-state index contributed by atoms with van der Waals surface area (Å²) in [5.41, 5.74) is 0.581. The number of sulfone groups is 1. The fourth-order valence-electron chi connectivity index (χ4n) is 3.35. The van der Waals surface area contributed by atoms with Gasteiger partial charge in [-0.15, -0.1) is 0 Å². The molecule has 8 nitrogen and oxygen atoms in total. The molecular formula is C17H22N2O6S. The van der Waals surface area contributed by atoms with Crippen molar-refractivity contribution in [3.63, 3.8) is 0 Å². The smallest absolute Gasteiger partial charge is 0.227 e. The lowest BCUT2D eigenvalue weighted by Gasteiger charge is -2.20. The number of carbonyl (C=O) groups excluding carboxylic acids is 2. The first-order valence-electron chi connectivity index (χ1n) is 8.36. The Balaban J connectivity index is 1.70. The summed E-state index contributed by atoms with van der Waals surface area (Å²) in [6.45, 7) is 0.229. The maximum Gasteiger partial charge on any atom is 0.227 e. The zero-order valence-electron chi connectivity index (χ0n) is 14.7. The molecular weight excluding hydrogens is 360 g/mol. The molecule has 0 saturated carbocycles. The Bertz CT molecular complexity index is 823. The number of hydrogen-bond donors (Lipinski definition) is 1. The Labute approximate surface area is 152 Å². The highest BCUT2D eigenvalue weighted by molar-refractivity contribution is 7.91. The molecule has 3 rings (SSSR count). The van der Waals surface area contributed by atoms with E-state index in [4.69, 9.17) is 9.47 Å². The number of nitrogens with one attached hydrogen (secondary N) is 1. The van der Waals surface area contributed by atoms with Crippen LogP contribution in [0.3, 0.4) is 0 Å². The summed E-state index contributed by atoms with van der Waals surface area (Å²) in [6.07, 6.45) is 0.505. The summed E-state index contributed by atoms with van der Waals surface area (Å²) in [6, 6.07) is 4.76. The van der Waals surface area contributed by atoms with Crippen molar-refractivity contribution in [2.24, 2.45) is 5.92 Å². The maximum absolute atomic E-state index is 12.5. The van der Waals surface area contributed by atoms with E-state index in [0.717, 1.165) is 0 Å². The van der Waals surface area contributed by atoms with Crippen LogP contribution in [0.1, 0.15) is 12.8 Å². The summed E-state index contributed by atoms with van der Waals surface area (Å²) in [7, 11) is -0.0210. The zero-order chi connectivity index (χ0) is 18.9. The van der Waals surface area contributed by atoms with Gasteiger partial charge in [0, 0.05) is 25.1 Å². The van der Waals surface area contributed by atoms with Crippen LogP contribution in [0.4, 0.5) is 5.69 Å². The minimum atomic E-state index is -3.07. The lowest BCUT2D eigenvalue weighted by Crippen LogP contribution is -2.40. The van der Waals surface area contributed by atoms with Gasteiger partial charge in [0.25, 0.3) is 0 Å². The number of hydrogen-bond acceptors (Lipinski definition) is 6. The zero-order valence-corrected chi connectivity index (χ0v) is 15.5. The van der Waals surface area contributed by atoms with E-state index in [0.29, 0.717) is 23.6 Å². The summed E-state index contributed by atoms with van der Waals surface area (Å²) >= 11 is 0. The predicted octanol–water partition coefficient (Wildman–Crippen LogP) is 0.360. The Morgan fingerprint density at radius 1 is 1.27 bits per heavy atom. The van der Waals surface area contributed by atoms with Crippen molar-refractivity contribution in [2.75, 3.05) is 37.2 Å². The number of ether oxygens (including phenoxy) is 2. The van der Waals surface area contributed by atoms with Crippen LogP contribution >= 0.6 is 0 Å². The van der Waals surface area contributed by atoms with Crippen molar-refractivity contribution in [1.82, 2.24) is 5.32 Å². The van der Waals surface area contributed by atoms with E-state index in [2.05, 4.69) is 5.32 Å². The molecule has 26 heavy (non-hydrogen) atoms. The van der Waals surface area contributed by atoms with Crippen molar-refractivity contribution in [3.8, 4) is 11.5 Å². The van der Waals surface area contributed by atoms with Gasteiger partial charge in [0.05, 0.1) is 37.3 Å². The largest absolute Gasteiger partial charge is 0.497 e. The van der Waals surface area contributed by atoms with Crippen LogP contribution < -0.4 is 19.7 Å². The lowest BCUT2D eigenvalue weighted by molar-refractivity contribution is -0.126. The average Bonchev–Trinajstić information content (AvgIpc) is 3.16. The second-order valence-corrected chi connectivity index (χ2v) is 8.78. The number of rotatable bonds is 5. The predicted molar refractivity (Wildman–Crippen MR) is 95.2 cm³/mol. The molecule has 0 radical (unpaired) electrons. The van der Waals surface area contributed by atoms with Crippen LogP contribution in [0.15, 0.2) is 18.2 Å². The average molecular weight is 382 g/mol. The van der Waals surface area contributed by atoms with Crippen molar-refractivity contribution < 1.29 is 27.5 Å². The van der Waals surface area contributed by atoms with Gasteiger partial charge in [-0.25, -0.2) is 8.42 Å². The van der Waals surface area contributed by atoms with E-state index in [-0.39, 0.29) is 42.3 Å². The van der Waals surface area contributed by atoms with E-state index in [1.807, 2.05) is 0 Å². The Kier molecular flexibility index (Phi) is 5.08. The van der Waals surface area contributed by atoms with Gasteiger partial charge in [0.15, 0.2) is 9.84 Å². The van der Waals surface area contributed by atoms with Gasteiger partial charge in [0.1, 0.15) is 11.5 Å². The van der Waals surface area contributed by atoms with Crippen LogP contribution in [0.5, 0.6) is 11.5 Å². The fraction of sp³-hybridized carbons (Fsp3) is 0.529. The molecule has 2 heterocycles. The quantitative estimate of drug-likeness (QED) is 0.789. The number of nitrogens with zero attached hydrogens (tertiary/aromatic N) is 1. The number of carbonyl (C=O) groups is 2. The topological polar surface area (TPSA) is 102 Å². The van der Waals surface area contributed by atoms with Crippen LogP contribution in [0.2, 0.25) is 0 Å². The van der Waals surface area contributed by atoms with Gasteiger partial charge in [-0.2, -0.15) is 0 Å². The molecule has 2 fully saturated rings. The van der Waals surface area contributed by atoms with Gasteiger partial charge in [-0.3, -0.25) is 9.59 Å². The third kappa shape index (κ3) is 3.77. The van der Waals surface area contributed by atoms with Gasteiger partial charge in [-0.1, -0.05) is 0 Å². The third-order valence-electron chi connectivity index (χ3n) is 4.75. The minimum Gasteiger partial charge on any atom is -0.497 e. The van der Waals surface area contributed by atoms with Crippen molar-refractivity contribution in [1.29, 1.82) is 0 Å². The van der Waals surface area contributed by atoms with E-state index < -0.39 is 15.8 Å². The second kappa shape index (κ2) is 7.14. The maximum atomic E-state index is 12.5. The van der Waals surface area contributed by atoms with Crippen LogP contribution in [-0.4, -0.2) is 58.5 Å². The van der Waals surface area contributed by atoms with Gasteiger partial charge in [-0.05, 0) is 18.6 Å². The Hall–Kier alpha value is -2.29. The number of anilines is 1. The van der Waals surface area contributed by atoms with Crippen molar-refractivity contribution in [3.05, 3.63) is 18.2 Å². The molecule has 9 heteroatoms. The number of methoxy groups -OCH3 is 2. The van der Waals surface area contributed by atoms with Gasteiger partial charge >= 0.3 is 0 Å². The molecule has 142 valence electrons. The molecule has 0 bridgehead atoms. The van der Waals surface area contributed by atoms with Crippen molar-refractivity contribution >= 4 is 27.3 Å². The van der Waals surface area contributed by atoms with E-state index in [1.54, 1.807) is 25.3 Å². The second-order valence-electron chi connectivity index (χ2n) is 6.55. The molecule has 2 aliphatic rings. The highest BCUT2D eigenvalue weighted by Gasteiger charge is 2.38. The Morgan fingerprint density at radius 3 is 2.65 bits per heavy atom. The molecule has 0 aliphatic carbocycles. The SMILES string of the molecule is COc1ccc(N2CC(C(=O)NC3CCS(=O)(=O)C3)CC2=O)c(OC)c1. The number of amides is 2.